The average molecular weight is 561 g/mol. The molecule has 2 saturated heterocycles. The number of nitrogens with zero attached hydrogens (tertiary/aromatic N) is 6. The topological polar surface area (TPSA) is 94.8 Å². The Morgan fingerprint density at radius 3 is 2.98 bits per heavy atom. The molecule has 0 bridgehead atoms. The van der Waals surface area contributed by atoms with Gasteiger partial charge in [-0.05, 0) is 57.0 Å². The molecule has 2 aromatic rings. The number of likely N-dealkylation sites (N-methyl/N-ethyl adjacent to an activating group) is 1. The average Bonchev–Trinajstić information content (AvgIpc) is 3.39. The van der Waals surface area contributed by atoms with Crippen LogP contribution in [-0.4, -0.2) is 84.2 Å². The molecule has 0 N–H and O–H groups in total. The second kappa shape index (κ2) is 11.4. The van der Waals surface area contributed by atoms with Crippen molar-refractivity contribution in [1.29, 1.82) is 5.26 Å². The first kappa shape index (κ1) is 27.6. The zero-order valence-electron chi connectivity index (χ0n) is 23.6. The predicted molar refractivity (Wildman–Crippen MR) is 151 cm³/mol. The van der Waals surface area contributed by atoms with E-state index in [9.17, 15) is 10.1 Å². The summed E-state index contributed by atoms with van der Waals surface area (Å²) in [6.07, 6.45) is 5.65. The monoisotopic (exact) mass is 560 g/mol. The molecule has 3 atom stereocenters. The van der Waals surface area contributed by atoms with Gasteiger partial charge in [0, 0.05) is 48.6 Å². The van der Waals surface area contributed by atoms with Gasteiger partial charge in [-0.1, -0.05) is 18.7 Å². The van der Waals surface area contributed by atoms with E-state index in [2.05, 4.69) is 29.5 Å². The maximum atomic E-state index is 15.3. The van der Waals surface area contributed by atoms with E-state index in [1.807, 2.05) is 6.07 Å². The van der Waals surface area contributed by atoms with Crippen LogP contribution in [-0.2, 0) is 34.4 Å². The molecule has 1 aliphatic carbocycles. The second-order valence-electron chi connectivity index (χ2n) is 11.8. The summed E-state index contributed by atoms with van der Waals surface area (Å²) >= 11 is 0. The largest absolute Gasteiger partial charge is 0.462 e. The van der Waals surface area contributed by atoms with Crippen LogP contribution in [0, 0.1) is 17.1 Å². The first-order valence-electron chi connectivity index (χ1n) is 14.6. The fourth-order valence-electron chi connectivity index (χ4n) is 7.14. The number of halogens is 1. The van der Waals surface area contributed by atoms with Gasteiger partial charge in [-0.2, -0.15) is 15.2 Å². The third-order valence-electron chi connectivity index (χ3n) is 9.32. The van der Waals surface area contributed by atoms with E-state index in [4.69, 9.17) is 19.4 Å². The fraction of sp³-hybridized carbons (Fsp3) is 0.548. The van der Waals surface area contributed by atoms with Crippen molar-refractivity contribution in [3.05, 3.63) is 59.1 Å². The number of fused-ring (bicyclic) bond motifs is 3. The lowest BCUT2D eigenvalue weighted by molar-refractivity contribution is -0.128. The Balaban J connectivity index is 1.36. The number of carbonyl (C=O) groups excluding carboxylic acids is 1. The first-order chi connectivity index (χ1) is 19.9. The van der Waals surface area contributed by atoms with E-state index in [1.165, 1.54) is 6.08 Å². The van der Waals surface area contributed by atoms with Crippen LogP contribution in [0.15, 0.2) is 30.9 Å². The van der Waals surface area contributed by atoms with Gasteiger partial charge >= 0.3 is 6.01 Å². The number of hydrogen-bond acceptors (Lipinski definition) is 8. The van der Waals surface area contributed by atoms with E-state index in [-0.39, 0.29) is 24.2 Å². The number of rotatable bonds is 6. The Bertz CT molecular complexity index is 1380. The van der Waals surface area contributed by atoms with Crippen LogP contribution in [0.1, 0.15) is 48.1 Å². The Labute approximate surface area is 240 Å². The second-order valence-corrected chi connectivity index (χ2v) is 11.8. The normalized spacial score (nSPS) is 25.9. The molecule has 1 spiro atoms. The Kier molecular flexibility index (Phi) is 7.66. The summed E-state index contributed by atoms with van der Waals surface area (Å²) in [7, 11) is 2.11. The Morgan fingerprint density at radius 1 is 1.32 bits per heavy atom. The minimum Gasteiger partial charge on any atom is -0.462 e. The molecular formula is C31H37FN6O3. The molecule has 216 valence electrons. The van der Waals surface area contributed by atoms with Crippen molar-refractivity contribution in [2.75, 3.05) is 51.3 Å². The number of benzene rings is 1. The molecule has 0 radical (unpaired) electrons. The first-order valence-corrected chi connectivity index (χ1v) is 14.6. The number of amides is 1. The van der Waals surface area contributed by atoms with Gasteiger partial charge < -0.3 is 24.2 Å². The van der Waals surface area contributed by atoms with E-state index < -0.39 is 5.41 Å². The summed E-state index contributed by atoms with van der Waals surface area (Å²) in [5, 5.41) is 9.50. The van der Waals surface area contributed by atoms with Crippen LogP contribution in [0.3, 0.4) is 0 Å². The van der Waals surface area contributed by atoms with Crippen molar-refractivity contribution < 1.29 is 18.7 Å². The van der Waals surface area contributed by atoms with E-state index >= 15 is 4.39 Å². The third-order valence-corrected chi connectivity index (χ3v) is 9.32. The van der Waals surface area contributed by atoms with Crippen LogP contribution >= 0.6 is 0 Å². The number of hydrogen-bond donors (Lipinski definition) is 0. The van der Waals surface area contributed by atoms with E-state index in [1.54, 1.807) is 17.0 Å². The van der Waals surface area contributed by atoms with E-state index in [0.29, 0.717) is 70.8 Å². The molecule has 2 fully saturated rings. The molecule has 1 aromatic heterocycles. The lowest BCUT2D eigenvalue weighted by atomic mass is 9.67. The standard InChI is InChI=1S/C31H37FN6O3/c1-3-27(39)38-15-14-37(17-22(38)10-12-33)29-24-9-11-31(20-40-18-21-6-4-8-25(32)28(21)31)16-26(24)34-30(35-29)41-19-23-7-5-13-36(23)2/h3-4,6,8,22-23H,1,5,7,9-11,13-20H2,2H3/t22-,23-,31?/m0/s1. The Morgan fingerprint density at radius 2 is 2.20 bits per heavy atom. The van der Waals surface area contributed by atoms with Crippen molar-refractivity contribution in [1.82, 2.24) is 19.8 Å². The number of piperazine rings is 1. The molecule has 6 rings (SSSR count). The number of likely N-dealkylation sites (tertiary alicyclic amines) is 1. The molecule has 3 aliphatic heterocycles. The highest BCUT2D eigenvalue weighted by atomic mass is 19.1. The summed E-state index contributed by atoms with van der Waals surface area (Å²) in [5.41, 5.74) is 3.04. The van der Waals surface area contributed by atoms with E-state index in [0.717, 1.165) is 47.6 Å². The van der Waals surface area contributed by atoms with Crippen LogP contribution < -0.4 is 9.64 Å². The highest BCUT2D eigenvalue weighted by molar-refractivity contribution is 5.87. The van der Waals surface area contributed by atoms with Gasteiger partial charge in [0.25, 0.3) is 0 Å². The molecule has 9 nitrogen and oxygen atoms in total. The lowest BCUT2D eigenvalue weighted by Gasteiger charge is -2.44. The van der Waals surface area contributed by atoms with Crippen molar-refractivity contribution in [2.24, 2.45) is 0 Å². The van der Waals surface area contributed by atoms with Gasteiger partial charge in [0.2, 0.25) is 5.91 Å². The molecular weight excluding hydrogens is 523 g/mol. The van der Waals surface area contributed by atoms with Gasteiger partial charge in [0.05, 0.1) is 37.4 Å². The molecule has 41 heavy (non-hydrogen) atoms. The van der Waals surface area contributed by atoms with Crippen LogP contribution in [0.5, 0.6) is 6.01 Å². The van der Waals surface area contributed by atoms with Crippen molar-refractivity contribution >= 4 is 11.7 Å². The molecule has 10 heteroatoms. The molecule has 1 unspecified atom stereocenters. The smallest absolute Gasteiger partial charge is 0.318 e. The zero-order valence-corrected chi connectivity index (χ0v) is 23.6. The van der Waals surface area contributed by atoms with Gasteiger partial charge in [-0.15, -0.1) is 0 Å². The minimum atomic E-state index is -0.501. The molecule has 0 saturated carbocycles. The zero-order chi connectivity index (χ0) is 28.6. The van der Waals surface area contributed by atoms with Crippen LogP contribution in [0.2, 0.25) is 0 Å². The van der Waals surface area contributed by atoms with Crippen molar-refractivity contribution in [3.8, 4) is 12.1 Å². The van der Waals surface area contributed by atoms with Gasteiger partial charge in [-0.25, -0.2) is 4.39 Å². The highest BCUT2D eigenvalue weighted by Gasteiger charge is 2.44. The quantitative estimate of drug-likeness (QED) is 0.498. The molecule has 4 heterocycles. The van der Waals surface area contributed by atoms with Crippen molar-refractivity contribution in [2.45, 2.75) is 62.6 Å². The van der Waals surface area contributed by atoms with Crippen LogP contribution in [0.25, 0.3) is 0 Å². The summed E-state index contributed by atoms with van der Waals surface area (Å²) in [6, 6.07) is 7.83. The summed E-state index contributed by atoms with van der Waals surface area (Å²) in [5.74, 6) is 0.435. The molecule has 4 aliphatic rings. The van der Waals surface area contributed by atoms with Gasteiger partial charge in [0.15, 0.2) is 0 Å². The minimum absolute atomic E-state index is 0.167. The SMILES string of the molecule is C=CC(=O)N1CCN(c2nc(OC[C@@H]3CCCN3C)nc3c2CCC2(COCc4cccc(F)c42)C3)C[C@@H]1CC#N. The third kappa shape index (κ3) is 5.17. The maximum absolute atomic E-state index is 15.3. The Hall–Kier alpha value is -3.55. The van der Waals surface area contributed by atoms with Crippen LogP contribution in [0.4, 0.5) is 10.2 Å². The summed E-state index contributed by atoms with van der Waals surface area (Å²) in [4.78, 5) is 28.6. The number of ether oxygens (including phenoxy) is 2. The van der Waals surface area contributed by atoms with Gasteiger partial charge in [0.1, 0.15) is 18.2 Å². The van der Waals surface area contributed by atoms with Gasteiger partial charge in [-0.3, -0.25) is 4.79 Å². The molecule has 1 aromatic carbocycles. The summed E-state index contributed by atoms with van der Waals surface area (Å²) < 4.78 is 27.6. The fourth-order valence-corrected chi connectivity index (χ4v) is 7.14. The highest BCUT2D eigenvalue weighted by Crippen LogP contribution is 2.45. The number of nitriles is 1. The van der Waals surface area contributed by atoms with Crippen molar-refractivity contribution in [3.63, 3.8) is 0 Å². The maximum Gasteiger partial charge on any atom is 0.318 e. The number of anilines is 1. The number of aromatic nitrogens is 2. The number of carbonyl (C=O) groups is 1. The summed E-state index contributed by atoms with van der Waals surface area (Å²) in [6.45, 7) is 7.55. The lowest BCUT2D eigenvalue weighted by Crippen LogP contribution is -2.55. The molecule has 1 amide bonds. The predicted octanol–water partition coefficient (Wildman–Crippen LogP) is 3.16.